The predicted molar refractivity (Wildman–Crippen MR) is 49.7 cm³/mol. The van der Waals surface area contributed by atoms with Crippen molar-refractivity contribution in [3.05, 3.63) is 35.4 Å². The molecule has 0 aliphatic heterocycles. The quantitative estimate of drug-likeness (QED) is 0.769. The Morgan fingerprint density at radius 1 is 1.29 bits per heavy atom. The number of aliphatic hydroxyl groups excluding tert-OH is 1. The molecule has 0 heterocycles. The molecule has 0 spiro atoms. The van der Waals surface area contributed by atoms with Crippen LogP contribution in [0.1, 0.15) is 12.0 Å². The van der Waals surface area contributed by atoms with Gasteiger partial charge in [0.1, 0.15) is 11.6 Å². The molecule has 0 saturated carbocycles. The van der Waals surface area contributed by atoms with E-state index in [0.29, 0.717) is 0 Å². The highest BCUT2D eigenvalue weighted by molar-refractivity contribution is 5.19. The van der Waals surface area contributed by atoms with E-state index in [-0.39, 0.29) is 24.9 Å². The van der Waals surface area contributed by atoms with Gasteiger partial charge in [-0.3, -0.25) is 0 Å². The van der Waals surface area contributed by atoms with Gasteiger partial charge in [-0.25, -0.2) is 8.78 Å². The van der Waals surface area contributed by atoms with Crippen LogP contribution in [0.4, 0.5) is 8.78 Å². The van der Waals surface area contributed by atoms with Crippen LogP contribution >= 0.6 is 0 Å². The summed E-state index contributed by atoms with van der Waals surface area (Å²) in [5.41, 5.74) is 5.19. The Bertz CT molecular complexity index is 284. The van der Waals surface area contributed by atoms with Crippen LogP contribution in [0.3, 0.4) is 0 Å². The van der Waals surface area contributed by atoms with Crippen molar-refractivity contribution in [1.29, 1.82) is 0 Å². The monoisotopic (exact) mass is 201 g/mol. The van der Waals surface area contributed by atoms with E-state index in [1.807, 2.05) is 0 Å². The molecule has 3 N–H and O–H groups in total. The molecule has 0 amide bonds. The summed E-state index contributed by atoms with van der Waals surface area (Å²) < 4.78 is 26.1. The molecule has 1 unspecified atom stereocenters. The lowest BCUT2D eigenvalue weighted by Gasteiger charge is -2.08. The molecule has 0 saturated heterocycles. The number of hydrogen-bond donors (Lipinski definition) is 2. The Morgan fingerprint density at radius 2 is 1.86 bits per heavy atom. The van der Waals surface area contributed by atoms with Crippen molar-refractivity contribution in [1.82, 2.24) is 0 Å². The maximum absolute atomic E-state index is 13.1. The number of nitrogens with two attached hydrogens (primary N) is 1. The summed E-state index contributed by atoms with van der Waals surface area (Å²) in [5, 5.41) is 9.13. The minimum atomic E-state index is -0.700. The van der Waals surface area contributed by atoms with E-state index in [1.165, 1.54) is 18.2 Å². The zero-order valence-corrected chi connectivity index (χ0v) is 7.71. The maximum Gasteiger partial charge on any atom is 0.129 e. The molecular weight excluding hydrogens is 188 g/mol. The van der Waals surface area contributed by atoms with E-state index in [1.54, 1.807) is 0 Å². The number of benzene rings is 1. The molecule has 1 aromatic carbocycles. The van der Waals surface area contributed by atoms with E-state index in [0.717, 1.165) is 0 Å². The third-order valence-electron chi connectivity index (χ3n) is 2.06. The Labute approximate surface area is 81.4 Å². The number of aliphatic hydroxyl groups is 1. The molecule has 1 atom stereocenters. The van der Waals surface area contributed by atoms with Gasteiger partial charge in [-0.2, -0.15) is 0 Å². The first-order chi connectivity index (χ1) is 6.65. The molecule has 0 radical (unpaired) electrons. The maximum atomic E-state index is 13.1. The Kier molecular flexibility index (Phi) is 3.98. The zero-order valence-electron chi connectivity index (χ0n) is 7.71. The first-order valence-corrected chi connectivity index (χ1v) is 4.46. The van der Waals surface area contributed by atoms with Crippen molar-refractivity contribution in [3.8, 4) is 0 Å². The first-order valence-electron chi connectivity index (χ1n) is 4.46. The lowest BCUT2D eigenvalue weighted by atomic mass is 10.1. The average molecular weight is 201 g/mol. The first kappa shape index (κ1) is 11.1. The topological polar surface area (TPSA) is 46.2 Å². The average Bonchev–Trinajstić information content (AvgIpc) is 2.16. The molecule has 1 aromatic rings. The van der Waals surface area contributed by atoms with Crippen LogP contribution < -0.4 is 5.73 Å². The molecule has 0 fully saturated rings. The minimum Gasteiger partial charge on any atom is -0.392 e. The Balaban J connectivity index is 2.66. The number of rotatable bonds is 4. The highest BCUT2D eigenvalue weighted by atomic mass is 19.1. The van der Waals surface area contributed by atoms with E-state index >= 15 is 0 Å². The Morgan fingerprint density at radius 3 is 2.36 bits per heavy atom. The van der Waals surface area contributed by atoms with Gasteiger partial charge in [0.25, 0.3) is 0 Å². The van der Waals surface area contributed by atoms with Crippen molar-refractivity contribution in [3.63, 3.8) is 0 Å². The third-order valence-corrected chi connectivity index (χ3v) is 2.06. The second-order valence-corrected chi connectivity index (χ2v) is 3.13. The van der Waals surface area contributed by atoms with Gasteiger partial charge in [0.15, 0.2) is 0 Å². The van der Waals surface area contributed by atoms with Gasteiger partial charge in [0, 0.05) is 12.1 Å². The summed E-state index contributed by atoms with van der Waals surface area (Å²) in [6, 6.07) is 3.72. The van der Waals surface area contributed by atoms with Crippen LogP contribution in [-0.4, -0.2) is 17.8 Å². The molecule has 0 aliphatic carbocycles. The minimum absolute atomic E-state index is 0.0139. The van der Waals surface area contributed by atoms with Crippen LogP contribution in [-0.2, 0) is 6.42 Å². The third kappa shape index (κ3) is 2.75. The zero-order chi connectivity index (χ0) is 10.6. The van der Waals surface area contributed by atoms with E-state index < -0.39 is 17.7 Å². The van der Waals surface area contributed by atoms with E-state index in [4.69, 9.17) is 10.8 Å². The largest absolute Gasteiger partial charge is 0.392 e. The summed E-state index contributed by atoms with van der Waals surface area (Å²) >= 11 is 0. The van der Waals surface area contributed by atoms with Gasteiger partial charge in [-0.1, -0.05) is 6.07 Å². The normalized spacial score (nSPS) is 12.9. The van der Waals surface area contributed by atoms with Gasteiger partial charge in [-0.05, 0) is 25.0 Å². The van der Waals surface area contributed by atoms with Gasteiger partial charge < -0.3 is 10.8 Å². The fraction of sp³-hybridized carbons (Fsp3) is 0.400. The van der Waals surface area contributed by atoms with E-state index in [2.05, 4.69) is 0 Å². The Hall–Kier alpha value is -1.00. The molecule has 78 valence electrons. The van der Waals surface area contributed by atoms with Crippen molar-refractivity contribution in [2.75, 3.05) is 6.54 Å². The van der Waals surface area contributed by atoms with E-state index in [9.17, 15) is 8.78 Å². The highest BCUT2D eigenvalue weighted by Gasteiger charge is 2.10. The van der Waals surface area contributed by atoms with Crippen LogP contribution in [0.25, 0.3) is 0 Å². The molecular formula is C10H13F2NO. The van der Waals surface area contributed by atoms with Gasteiger partial charge in [-0.15, -0.1) is 0 Å². The summed E-state index contributed by atoms with van der Waals surface area (Å²) in [6.07, 6.45) is -0.264. The van der Waals surface area contributed by atoms with Crippen molar-refractivity contribution >= 4 is 0 Å². The molecule has 4 heteroatoms. The van der Waals surface area contributed by atoms with Gasteiger partial charge in [0.05, 0.1) is 6.10 Å². The molecule has 14 heavy (non-hydrogen) atoms. The summed E-state index contributed by atoms with van der Waals surface area (Å²) in [4.78, 5) is 0. The smallest absolute Gasteiger partial charge is 0.129 e. The summed E-state index contributed by atoms with van der Waals surface area (Å²) in [7, 11) is 0. The van der Waals surface area contributed by atoms with Crippen molar-refractivity contribution in [2.45, 2.75) is 18.9 Å². The van der Waals surface area contributed by atoms with Crippen LogP contribution in [0.2, 0.25) is 0 Å². The van der Waals surface area contributed by atoms with Crippen molar-refractivity contribution in [2.24, 2.45) is 5.73 Å². The van der Waals surface area contributed by atoms with Crippen LogP contribution in [0, 0.1) is 11.6 Å². The van der Waals surface area contributed by atoms with Crippen LogP contribution in [0.15, 0.2) is 18.2 Å². The lowest BCUT2D eigenvalue weighted by molar-refractivity contribution is 0.172. The highest BCUT2D eigenvalue weighted by Crippen LogP contribution is 2.14. The van der Waals surface area contributed by atoms with Gasteiger partial charge in [0.2, 0.25) is 0 Å². The van der Waals surface area contributed by atoms with Gasteiger partial charge >= 0.3 is 0 Å². The predicted octanol–water partition coefficient (Wildman–Crippen LogP) is 1.22. The number of hydrogen-bond acceptors (Lipinski definition) is 2. The fourth-order valence-corrected chi connectivity index (χ4v) is 1.20. The molecule has 0 bridgehead atoms. The molecule has 2 nitrogen and oxygen atoms in total. The molecule has 0 aromatic heterocycles. The lowest BCUT2D eigenvalue weighted by Crippen LogP contribution is -2.20. The second-order valence-electron chi connectivity index (χ2n) is 3.13. The standard InChI is InChI=1S/C10H13F2NO/c11-9-2-1-3-10(12)8(9)5-4-7(14)6-13/h1-3,7,14H,4-6,13H2. The molecule has 1 rings (SSSR count). The second kappa shape index (κ2) is 5.02. The summed E-state index contributed by atoms with van der Waals surface area (Å²) in [5.74, 6) is -1.15. The summed E-state index contributed by atoms with van der Waals surface area (Å²) in [6.45, 7) is 0.107. The van der Waals surface area contributed by atoms with Crippen molar-refractivity contribution < 1.29 is 13.9 Å². The molecule has 0 aliphatic rings. The fourth-order valence-electron chi connectivity index (χ4n) is 1.20. The SMILES string of the molecule is NCC(O)CCc1c(F)cccc1F. The van der Waals surface area contributed by atoms with Crippen LogP contribution in [0.5, 0.6) is 0 Å². The number of halogens is 2.